The van der Waals surface area contributed by atoms with E-state index < -0.39 is 0 Å². The number of piperidine rings is 1. The van der Waals surface area contributed by atoms with Gasteiger partial charge in [0.05, 0.1) is 5.69 Å². The highest BCUT2D eigenvalue weighted by molar-refractivity contribution is 7.99. The molecule has 4 nitrogen and oxygen atoms in total. The number of benzene rings is 2. The third-order valence-corrected chi connectivity index (χ3v) is 5.26. The summed E-state index contributed by atoms with van der Waals surface area (Å²) in [6.45, 7) is 1.80. The predicted octanol–water partition coefficient (Wildman–Crippen LogP) is 4.67. The standard InChI is InChI=1S/C21H21N3OS/c22-15-17(16-24-13-7-2-8-14-24)21(25)23-19-11-5-6-12-20(19)26-18-9-3-1-4-10-18/h1,3-6,9-12,16H,2,7-8,13-14H2,(H,23,25)/b17-16-. The Hall–Kier alpha value is -2.71. The molecule has 0 unspecified atom stereocenters. The van der Waals surface area contributed by atoms with Crippen LogP contribution in [-0.2, 0) is 4.79 Å². The SMILES string of the molecule is N#C/C(=C/N1CCCCC1)C(=O)Nc1ccccc1Sc1ccccc1. The minimum absolute atomic E-state index is 0.145. The van der Waals surface area contributed by atoms with E-state index in [1.54, 1.807) is 18.0 Å². The zero-order chi connectivity index (χ0) is 18.2. The van der Waals surface area contributed by atoms with Crippen LogP contribution in [0.5, 0.6) is 0 Å². The van der Waals surface area contributed by atoms with Gasteiger partial charge in [0.2, 0.25) is 0 Å². The average Bonchev–Trinajstić information content (AvgIpc) is 2.69. The number of hydrogen-bond acceptors (Lipinski definition) is 4. The lowest BCUT2D eigenvalue weighted by molar-refractivity contribution is -0.112. The molecule has 0 atom stereocenters. The molecule has 2 aromatic rings. The van der Waals surface area contributed by atoms with Crippen LogP contribution in [0.4, 0.5) is 5.69 Å². The smallest absolute Gasteiger partial charge is 0.267 e. The van der Waals surface area contributed by atoms with Crippen molar-refractivity contribution in [1.82, 2.24) is 4.90 Å². The lowest BCUT2D eigenvalue weighted by Crippen LogP contribution is -2.26. The topological polar surface area (TPSA) is 56.1 Å². The molecule has 0 saturated carbocycles. The summed E-state index contributed by atoms with van der Waals surface area (Å²) in [5.41, 5.74) is 0.859. The molecule has 0 aromatic heterocycles. The molecule has 1 aliphatic rings. The fraction of sp³-hybridized carbons (Fsp3) is 0.238. The van der Waals surface area contributed by atoms with E-state index in [-0.39, 0.29) is 11.5 Å². The molecule has 1 amide bonds. The Morgan fingerprint density at radius 2 is 1.73 bits per heavy atom. The Morgan fingerprint density at radius 1 is 1.04 bits per heavy atom. The van der Waals surface area contributed by atoms with E-state index in [1.165, 1.54) is 6.42 Å². The second-order valence-electron chi connectivity index (χ2n) is 6.12. The molecule has 1 saturated heterocycles. The summed E-state index contributed by atoms with van der Waals surface area (Å²) in [7, 11) is 0. The lowest BCUT2D eigenvalue weighted by Gasteiger charge is -2.25. The number of carbonyl (C=O) groups excluding carboxylic acids is 1. The van der Waals surface area contributed by atoms with Crippen LogP contribution >= 0.6 is 11.8 Å². The Kier molecular flexibility index (Phi) is 6.34. The van der Waals surface area contributed by atoms with E-state index in [1.807, 2.05) is 60.7 Å². The maximum atomic E-state index is 12.6. The highest BCUT2D eigenvalue weighted by Gasteiger charge is 2.15. The summed E-state index contributed by atoms with van der Waals surface area (Å²) in [4.78, 5) is 16.7. The molecule has 5 heteroatoms. The maximum absolute atomic E-state index is 12.6. The zero-order valence-electron chi connectivity index (χ0n) is 14.5. The normalized spacial score (nSPS) is 14.6. The first-order chi connectivity index (χ1) is 12.8. The van der Waals surface area contributed by atoms with E-state index in [2.05, 4.69) is 10.2 Å². The van der Waals surface area contributed by atoms with Crippen LogP contribution in [0.3, 0.4) is 0 Å². The van der Waals surface area contributed by atoms with E-state index in [9.17, 15) is 10.1 Å². The fourth-order valence-corrected chi connectivity index (χ4v) is 3.76. The summed E-state index contributed by atoms with van der Waals surface area (Å²) in [5.74, 6) is -0.362. The van der Waals surface area contributed by atoms with Gasteiger partial charge in [0.15, 0.2) is 0 Å². The van der Waals surface area contributed by atoms with Gasteiger partial charge in [-0.3, -0.25) is 4.79 Å². The van der Waals surface area contributed by atoms with Crippen molar-refractivity contribution < 1.29 is 4.79 Å². The van der Waals surface area contributed by atoms with Crippen LogP contribution in [-0.4, -0.2) is 23.9 Å². The third-order valence-electron chi connectivity index (χ3n) is 4.17. The second kappa shape index (κ2) is 9.12. The van der Waals surface area contributed by atoms with Crippen LogP contribution in [0.25, 0.3) is 0 Å². The summed E-state index contributed by atoms with van der Waals surface area (Å²) in [5, 5.41) is 12.3. The molecule has 0 aliphatic carbocycles. The van der Waals surface area contributed by atoms with Gasteiger partial charge in [-0.2, -0.15) is 5.26 Å². The first kappa shape index (κ1) is 18.1. The number of anilines is 1. The summed E-state index contributed by atoms with van der Waals surface area (Å²) in [6, 6.07) is 19.7. The van der Waals surface area contributed by atoms with Gasteiger partial charge in [0.1, 0.15) is 11.6 Å². The van der Waals surface area contributed by atoms with Gasteiger partial charge in [-0.05, 0) is 43.5 Å². The van der Waals surface area contributed by atoms with Gasteiger partial charge < -0.3 is 10.2 Å². The fourth-order valence-electron chi connectivity index (χ4n) is 2.83. The van der Waals surface area contributed by atoms with Crippen molar-refractivity contribution in [3.8, 4) is 6.07 Å². The van der Waals surface area contributed by atoms with Gasteiger partial charge in [-0.1, -0.05) is 42.1 Å². The van der Waals surface area contributed by atoms with E-state index in [0.29, 0.717) is 5.69 Å². The largest absolute Gasteiger partial charge is 0.376 e. The molecule has 1 heterocycles. The number of rotatable bonds is 5. The summed E-state index contributed by atoms with van der Waals surface area (Å²) >= 11 is 1.58. The number of likely N-dealkylation sites (tertiary alicyclic amines) is 1. The molecule has 132 valence electrons. The van der Waals surface area contributed by atoms with Crippen molar-refractivity contribution >= 4 is 23.4 Å². The number of nitriles is 1. The third kappa shape index (κ3) is 4.90. The number of carbonyl (C=O) groups is 1. The Balaban J connectivity index is 1.74. The molecular formula is C21H21N3OS. The van der Waals surface area contributed by atoms with Crippen molar-refractivity contribution in [2.45, 2.75) is 29.1 Å². The van der Waals surface area contributed by atoms with Crippen molar-refractivity contribution in [1.29, 1.82) is 5.26 Å². The quantitative estimate of drug-likeness (QED) is 0.619. The Morgan fingerprint density at radius 3 is 2.46 bits per heavy atom. The monoisotopic (exact) mass is 363 g/mol. The number of nitrogens with one attached hydrogen (secondary N) is 1. The maximum Gasteiger partial charge on any atom is 0.267 e. The Labute approximate surface area is 158 Å². The molecule has 1 fully saturated rings. The summed E-state index contributed by atoms with van der Waals surface area (Å²) < 4.78 is 0. The molecule has 0 bridgehead atoms. The minimum Gasteiger partial charge on any atom is -0.376 e. The van der Waals surface area contributed by atoms with Gasteiger partial charge in [0, 0.05) is 29.1 Å². The lowest BCUT2D eigenvalue weighted by atomic mass is 10.1. The van der Waals surface area contributed by atoms with E-state index in [0.717, 1.165) is 35.7 Å². The van der Waals surface area contributed by atoms with Gasteiger partial charge in [0.25, 0.3) is 5.91 Å². The first-order valence-corrected chi connectivity index (χ1v) is 9.57. The first-order valence-electron chi connectivity index (χ1n) is 8.75. The van der Waals surface area contributed by atoms with Crippen molar-refractivity contribution in [2.75, 3.05) is 18.4 Å². The molecule has 26 heavy (non-hydrogen) atoms. The minimum atomic E-state index is -0.362. The van der Waals surface area contributed by atoms with Crippen LogP contribution in [0.2, 0.25) is 0 Å². The molecule has 0 radical (unpaired) electrons. The molecule has 1 N–H and O–H groups in total. The van der Waals surface area contributed by atoms with Crippen LogP contribution < -0.4 is 5.32 Å². The van der Waals surface area contributed by atoms with Crippen LogP contribution in [0.15, 0.2) is 76.2 Å². The van der Waals surface area contributed by atoms with Gasteiger partial charge >= 0.3 is 0 Å². The second-order valence-corrected chi connectivity index (χ2v) is 7.23. The highest BCUT2D eigenvalue weighted by Crippen LogP contribution is 2.33. The number of para-hydroxylation sites is 1. The molecule has 3 rings (SSSR count). The van der Waals surface area contributed by atoms with Crippen LogP contribution in [0.1, 0.15) is 19.3 Å². The highest BCUT2D eigenvalue weighted by atomic mass is 32.2. The van der Waals surface area contributed by atoms with E-state index in [4.69, 9.17) is 0 Å². The van der Waals surface area contributed by atoms with E-state index >= 15 is 0 Å². The Bertz CT molecular complexity index is 821. The van der Waals surface area contributed by atoms with Crippen molar-refractivity contribution in [3.05, 3.63) is 66.4 Å². The number of hydrogen-bond donors (Lipinski definition) is 1. The molecule has 1 aliphatic heterocycles. The van der Waals surface area contributed by atoms with Crippen molar-refractivity contribution in [3.63, 3.8) is 0 Å². The van der Waals surface area contributed by atoms with Gasteiger partial charge in [-0.25, -0.2) is 0 Å². The number of nitrogens with zero attached hydrogens (tertiary/aromatic N) is 2. The van der Waals surface area contributed by atoms with Crippen LogP contribution in [0, 0.1) is 11.3 Å². The van der Waals surface area contributed by atoms with Crippen molar-refractivity contribution in [2.24, 2.45) is 0 Å². The predicted molar refractivity (Wildman–Crippen MR) is 105 cm³/mol. The van der Waals surface area contributed by atoms with Gasteiger partial charge in [-0.15, -0.1) is 0 Å². The molecular weight excluding hydrogens is 342 g/mol. The number of amides is 1. The zero-order valence-corrected chi connectivity index (χ0v) is 15.3. The molecule has 0 spiro atoms. The summed E-state index contributed by atoms with van der Waals surface area (Å²) in [6.07, 6.45) is 5.12. The average molecular weight is 363 g/mol. The molecule has 2 aromatic carbocycles.